The van der Waals surface area contributed by atoms with Gasteiger partial charge < -0.3 is 9.09 Å². The number of benzene rings is 2. The van der Waals surface area contributed by atoms with Crippen molar-refractivity contribution >= 4 is 10.9 Å². The van der Waals surface area contributed by atoms with Crippen molar-refractivity contribution in [3.63, 3.8) is 0 Å². The number of nitrogens with zero attached hydrogens (tertiary/aromatic N) is 3. The highest BCUT2D eigenvalue weighted by Gasteiger charge is 2.30. The molecule has 8 heteroatoms. The maximum atomic E-state index is 13.1. The van der Waals surface area contributed by atoms with Gasteiger partial charge in [-0.05, 0) is 37.6 Å². The van der Waals surface area contributed by atoms with Crippen molar-refractivity contribution in [3.05, 3.63) is 70.0 Å². The van der Waals surface area contributed by atoms with E-state index in [1.165, 1.54) is 12.1 Å². The van der Waals surface area contributed by atoms with E-state index in [9.17, 15) is 18.0 Å². The first-order valence-corrected chi connectivity index (χ1v) is 9.43. The Morgan fingerprint density at radius 1 is 1.10 bits per heavy atom. The lowest BCUT2D eigenvalue weighted by Gasteiger charge is -2.11. The minimum Gasteiger partial charge on any atom is -0.346 e. The first-order valence-electron chi connectivity index (χ1n) is 9.43. The van der Waals surface area contributed by atoms with E-state index in [2.05, 4.69) is 10.1 Å². The second kappa shape index (κ2) is 7.44. The molecule has 0 aliphatic heterocycles. The number of alkyl halides is 3. The van der Waals surface area contributed by atoms with Gasteiger partial charge in [0.1, 0.15) is 5.56 Å². The Morgan fingerprint density at radius 3 is 2.50 bits per heavy atom. The number of rotatable bonds is 4. The van der Waals surface area contributed by atoms with Crippen molar-refractivity contribution in [2.24, 2.45) is 0 Å². The van der Waals surface area contributed by atoms with E-state index in [1.54, 1.807) is 6.20 Å². The minimum atomic E-state index is -4.42. The molecule has 0 bridgehead atoms. The Bertz CT molecular complexity index is 1270. The molecule has 0 saturated carbocycles. The normalized spacial score (nSPS) is 11.9. The molecule has 0 fully saturated rings. The molecule has 0 atom stereocenters. The SMILES string of the molecule is CCCn1cc(-c2nc(-c3ccc(C(F)(F)F)cc3)no2)c(=O)c2cc(C)ccc21. The zero-order chi connectivity index (χ0) is 21.5. The highest BCUT2D eigenvalue weighted by Crippen LogP contribution is 2.31. The lowest BCUT2D eigenvalue weighted by Crippen LogP contribution is -2.12. The fourth-order valence-corrected chi connectivity index (χ4v) is 3.35. The third kappa shape index (κ3) is 3.60. The summed E-state index contributed by atoms with van der Waals surface area (Å²) in [5.41, 5.74) is 1.40. The molecule has 4 aromatic rings. The number of aryl methyl sites for hydroxylation is 2. The molecule has 2 aromatic heterocycles. The summed E-state index contributed by atoms with van der Waals surface area (Å²) in [6, 6.07) is 10.1. The number of halogens is 3. The average molecular weight is 413 g/mol. The first-order chi connectivity index (χ1) is 14.3. The molecular weight excluding hydrogens is 395 g/mol. The van der Waals surface area contributed by atoms with Crippen molar-refractivity contribution < 1.29 is 17.7 Å². The summed E-state index contributed by atoms with van der Waals surface area (Å²) < 4.78 is 45.6. The van der Waals surface area contributed by atoms with Crippen LogP contribution in [0, 0.1) is 6.92 Å². The summed E-state index contributed by atoms with van der Waals surface area (Å²) in [5.74, 6) is 0.146. The summed E-state index contributed by atoms with van der Waals surface area (Å²) in [4.78, 5) is 17.3. The van der Waals surface area contributed by atoms with E-state index in [-0.39, 0.29) is 22.7 Å². The molecule has 0 aliphatic rings. The zero-order valence-electron chi connectivity index (χ0n) is 16.3. The van der Waals surface area contributed by atoms with Crippen LogP contribution < -0.4 is 5.43 Å². The Hall–Kier alpha value is -3.42. The standard InChI is InChI=1S/C22H18F3N3O2/c1-3-10-28-12-17(19(29)16-11-13(2)4-9-18(16)28)21-26-20(27-30-21)14-5-7-15(8-6-14)22(23,24)25/h4-9,11-12H,3,10H2,1-2H3. The molecule has 5 nitrogen and oxygen atoms in total. The minimum absolute atomic E-state index is 0.0307. The maximum absolute atomic E-state index is 13.1. The summed E-state index contributed by atoms with van der Waals surface area (Å²) in [7, 11) is 0. The zero-order valence-corrected chi connectivity index (χ0v) is 16.3. The Balaban J connectivity index is 1.79. The van der Waals surface area contributed by atoms with Gasteiger partial charge in [0.2, 0.25) is 11.3 Å². The fraction of sp³-hybridized carbons (Fsp3) is 0.227. The number of pyridine rings is 1. The van der Waals surface area contributed by atoms with E-state index < -0.39 is 11.7 Å². The van der Waals surface area contributed by atoms with Gasteiger partial charge in [-0.25, -0.2) is 0 Å². The van der Waals surface area contributed by atoms with Crippen molar-refractivity contribution in [2.75, 3.05) is 0 Å². The predicted molar refractivity (Wildman–Crippen MR) is 107 cm³/mol. The van der Waals surface area contributed by atoms with Gasteiger partial charge in [-0.1, -0.05) is 35.8 Å². The number of fused-ring (bicyclic) bond motifs is 1. The summed E-state index contributed by atoms with van der Waals surface area (Å²) in [6.45, 7) is 4.64. The molecule has 2 heterocycles. The van der Waals surface area contributed by atoms with E-state index in [4.69, 9.17) is 4.52 Å². The van der Waals surface area contributed by atoms with Crippen LogP contribution in [0.2, 0.25) is 0 Å². The largest absolute Gasteiger partial charge is 0.416 e. The third-order valence-electron chi connectivity index (χ3n) is 4.83. The molecule has 0 saturated heterocycles. The van der Waals surface area contributed by atoms with Crippen molar-refractivity contribution in [2.45, 2.75) is 33.0 Å². The first kappa shape index (κ1) is 19.9. The summed E-state index contributed by atoms with van der Waals surface area (Å²) >= 11 is 0. The van der Waals surface area contributed by atoms with E-state index in [1.807, 2.05) is 36.6 Å². The van der Waals surface area contributed by atoms with Crippen LogP contribution in [0.25, 0.3) is 33.7 Å². The molecule has 0 spiro atoms. The number of aromatic nitrogens is 3. The van der Waals surface area contributed by atoms with Gasteiger partial charge >= 0.3 is 6.18 Å². The van der Waals surface area contributed by atoms with E-state index in [0.29, 0.717) is 17.5 Å². The Morgan fingerprint density at radius 2 is 1.83 bits per heavy atom. The van der Waals surface area contributed by atoms with Gasteiger partial charge in [0.15, 0.2) is 0 Å². The Labute approximate surface area is 169 Å². The molecule has 0 radical (unpaired) electrons. The van der Waals surface area contributed by atoms with Crippen LogP contribution in [0.4, 0.5) is 13.2 Å². The summed E-state index contributed by atoms with van der Waals surface area (Å²) in [6.07, 6.45) is -1.87. The van der Waals surface area contributed by atoms with Crippen LogP contribution in [-0.2, 0) is 12.7 Å². The van der Waals surface area contributed by atoms with E-state index in [0.717, 1.165) is 29.6 Å². The second-order valence-corrected chi connectivity index (χ2v) is 7.08. The topological polar surface area (TPSA) is 60.9 Å². The number of hydrogen-bond donors (Lipinski definition) is 0. The molecule has 30 heavy (non-hydrogen) atoms. The highest BCUT2D eigenvalue weighted by atomic mass is 19.4. The molecular formula is C22H18F3N3O2. The fourth-order valence-electron chi connectivity index (χ4n) is 3.35. The van der Waals surface area contributed by atoms with Crippen LogP contribution in [0.3, 0.4) is 0 Å². The average Bonchev–Trinajstić information content (AvgIpc) is 3.19. The smallest absolute Gasteiger partial charge is 0.346 e. The Kier molecular flexibility index (Phi) is 4.93. The molecule has 4 rings (SSSR count). The molecule has 0 aliphatic carbocycles. The van der Waals surface area contributed by atoms with Gasteiger partial charge in [-0.2, -0.15) is 18.2 Å². The van der Waals surface area contributed by atoms with Crippen LogP contribution >= 0.6 is 0 Å². The molecule has 0 unspecified atom stereocenters. The lowest BCUT2D eigenvalue weighted by atomic mass is 10.1. The van der Waals surface area contributed by atoms with Gasteiger partial charge in [0.05, 0.1) is 11.1 Å². The van der Waals surface area contributed by atoms with Crippen LogP contribution in [0.1, 0.15) is 24.5 Å². The molecule has 0 N–H and O–H groups in total. The van der Waals surface area contributed by atoms with Gasteiger partial charge in [-0.3, -0.25) is 4.79 Å². The van der Waals surface area contributed by atoms with E-state index >= 15 is 0 Å². The van der Waals surface area contributed by atoms with Crippen molar-refractivity contribution in [1.29, 1.82) is 0 Å². The number of hydrogen-bond acceptors (Lipinski definition) is 4. The van der Waals surface area contributed by atoms with Crippen molar-refractivity contribution in [3.8, 4) is 22.8 Å². The van der Waals surface area contributed by atoms with Crippen molar-refractivity contribution in [1.82, 2.24) is 14.7 Å². The molecule has 2 aromatic carbocycles. The second-order valence-electron chi connectivity index (χ2n) is 7.08. The highest BCUT2D eigenvalue weighted by molar-refractivity contribution is 5.83. The van der Waals surface area contributed by atoms with Gasteiger partial charge in [0, 0.05) is 23.7 Å². The third-order valence-corrected chi connectivity index (χ3v) is 4.83. The monoisotopic (exact) mass is 413 g/mol. The van der Waals surface area contributed by atoms with Gasteiger partial charge in [0.25, 0.3) is 5.89 Å². The summed E-state index contributed by atoms with van der Waals surface area (Å²) in [5, 5.41) is 4.40. The predicted octanol–water partition coefficient (Wildman–Crippen LogP) is 5.46. The van der Waals surface area contributed by atoms with Gasteiger partial charge in [-0.15, -0.1) is 0 Å². The molecule has 154 valence electrons. The van der Waals surface area contributed by atoms with Crippen LogP contribution in [0.5, 0.6) is 0 Å². The van der Waals surface area contributed by atoms with Crippen LogP contribution in [-0.4, -0.2) is 14.7 Å². The quantitative estimate of drug-likeness (QED) is 0.446. The molecule has 0 amide bonds. The lowest BCUT2D eigenvalue weighted by molar-refractivity contribution is -0.137. The maximum Gasteiger partial charge on any atom is 0.416 e. The van der Waals surface area contributed by atoms with Crippen LogP contribution in [0.15, 0.2) is 58.0 Å².